The Hall–Kier alpha value is -4.04. The van der Waals surface area contributed by atoms with E-state index in [9.17, 15) is 22.8 Å². The largest absolute Gasteiger partial charge is 0.496 e. The second kappa shape index (κ2) is 14.1. The molecule has 1 aromatic carbocycles. The van der Waals surface area contributed by atoms with Crippen molar-refractivity contribution in [2.75, 3.05) is 20.7 Å². The maximum absolute atomic E-state index is 14.3. The van der Waals surface area contributed by atoms with Gasteiger partial charge < -0.3 is 19.7 Å². The number of hydrogen-bond donors (Lipinski definition) is 2. The lowest BCUT2D eigenvalue weighted by Gasteiger charge is -2.26. The molecule has 0 radical (unpaired) electrons. The molecule has 1 aliphatic heterocycles. The van der Waals surface area contributed by atoms with Gasteiger partial charge in [-0.3, -0.25) is 19.1 Å². The number of aryl methyl sites for hydroxylation is 1. The molecule has 12 nitrogen and oxygen atoms in total. The molecule has 0 bridgehead atoms. The molecule has 2 aromatic heterocycles. The number of nitrogens with one attached hydrogen (secondary N) is 2. The maximum atomic E-state index is 14.3. The number of allylic oxidation sites excluding steroid dienone is 1. The fourth-order valence-electron chi connectivity index (χ4n) is 7.55. The Kier molecular flexibility index (Phi) is 9.83. The molecular weight excluding hydrogens is 703 g/mol. The summed E-state index contributed by atoms with van der Waals surface area (Å²) in [5.41, 5.74) is 1.79. The van der Waals surface area contributed by atoms with E-state index in [-0.39, 0.29) is 30.6 Å². The molecule has 278 valence electrons. The fraction of sp³-hybridized carbons (Fsp3) is 0.553. The van der Waals surface area contributed by atoms with Crippen molar-refractivity contribution in [3.05, 3.63) is 47.0 Å². The number of methoxy groups -OCH3 is 1. The number of carbonyl (C=O) groups excluding carboxylic acids is 3. The quantitative estimate of drug-likeness (QED) is 0.294. The number of amides is 3. The van der Waals surface area contributed by atoms with Crippen molar-refractivity contribution in [1.29, 1.82) is 0 Å². The third kappa shape index (κ3) is 7.03. The molecule has 5 atom stereocenters. The lowest BCUT2D eigenvalue weighted by molar-refractivity contribution is -0.140. The highest BCUT2D eigenvalue weighted by Gasteiger charge is 2.62. The molecular formula is C38H47N5O7S2. The van der Waals surface area contributed by atoms with Crippen LogP contribution in [0.4, 0.5) is 0 Å². The van der Waals surface area contributed by atoms with Gasteiger partial charge in [-0.15, -0.1) is 11.3 Å². The summed E-state index contributed by atoms with van der Waals surface area (Å²) in [5.74, 6) is -1.63. The van der Waals surface area contributed by atoms with Crippen molar-refractivity contribution in [2.24, 2.45) is 17.8 Å². The number of sulfonamides is 1. The number of aromatic nitrogens is 2. The van der Waals surface area contributed by atoms with Crippen LogP contribution in [0.3, 0.4) is 0 Å². The van der Waals surface area contributed by atoms with Crippen LogP contribution in [0, 0.1) is 24.7 Å². The summed E-state index contributed by atoms with van der Waals surface area (Å²) in [4.78, 5) is 53.5. The van der Waals surface area contributed by atoms with Crippen LogP contribution < -0.4 is 19.5 Å². The standard InChI is InChI=1S/C38H47N5O7S2/c1-21(2)30-20-51-35(40-30)29-18-32(26-13-14-31(49-5)22(3)33(26)39-29)50-24-16-27-28(17-24)36(45)43(4)15-9-7-6-8-10-23-19-38(23,41-34(27)44)37(46)42-52(47,48)25-11-12-25/h8,10,13-14,18,20-21,23-25,27-28H,6-7,9,11-12,15-17,19H2,1-5H3,(H,41,44)(H,42,46)/t23?,24?,27-,28?,38-/m1/s1. The van der Waals surface area contributed by atoms with Gasteiger partial charge in [-0.2, -0.15) is 0 Å². The van der Waals surface area contributed by atoms with Gasteiger partial charge in [0.05, 0.1) is 35.4 Å². The highest BCUT2D eigenvalue weighted by atomic mass is 32.2. The Morgan fingerprint density at radius 3 is 2.60 bits per heavy atom. The third-order valence-corrected chi connectivity index (χ3v) is 13.7. The average molecular weight is 750 g/mol. The fourth-order valence-corrected chi connectivity index (χ4v) is 9.85. The van der Waals surface area contributed by atoms with E-state index >= 15 is 0 Å². The van der Waals surface area contributed by atoms with E-state index < -0.39 is 50.6 Å². The molecule has 2 N–H and O–H groups in total. The van der Waals surface area contributed by atoms with E-state index in [1.165, 1.54) is 11.3 Å². The van der Waals surface area contributed by atoms with E-state index in [0.29, 0.717) is 48.5 Å². The molecule has 4 aliphatic rings. The van der Waals surface area contributed by atoms with Crippen molar-refractivity contribution < 1.29 is 32.3 Å². The normalized spacial score (nSPS) is 26.8. The number of rotatable bonds is 8. The minimum atomic E-state index is -3.83. The van der Waals surface area contributed by atoms with Gasteiger partial charge in [0, 0.05) is 41.9 Å². The Morgan fingerprint density at radius 2 is 1.88 bits per heavy atom. The van der Waals surface area contributed by atoms with Gasteiger partial charge >= 0.3 is 0 Å². The third-order valence-electron chi connectivity index (χ3n) is 11.0. The first-order valence-electron chi connectivity index (χ1n) is 18.2. The molecule has 0 saturated heterocycles. The Balaban J connectivity index is 1.21. The SMILES string of the molecule is COc1ccc2c(OC3CC4C(=O)N(C)CCCCC=CC5C[C@@]5(C(=O)NS(=O)(=O)C5CC5)NC(=O)[C@@H]4C3)cc(-c3nc(C(C)C)cs3)nc2c1C. The highest BCUT2D eigenvalue weighted by Crippen LogP contribution is 2.47. The monoisotopic (exact) mass is 749 g/mol. The number of fused-ring (bicyclic) bond motifs is 3. The average Bonchev–Trinajstić information content (AvgIpc) is 3.98. The zero-order chi connectivity index (χ0) is 36.9. The van der Waals surface area contributed by atoms with Gasteiger partial charge in [0.2, 0.25) is 21.8 Å². The molecule has 7 rings (SSSR count). The van der Waals surface area contributed by atoms with Gasteiger partial charge in [0.15, 0.2) is 0 Å². The second-order valence-electron chi connectivity index (χ2n) is 15.1. The highest BCUT2D eigenvalue weighted by molar-refractivity contribution is 7.91. The molecule has 14 heteroatoms. The molecule has 3 unspecified atom stereocenters. The number of nitrogens with zero attached hydrogens (tertiary/aromatic N) is 3. The number of hydrogen-bond acceptors (Lipinski definition) is 10. The van der Waals surface area contributed by atoms with Crippen molar-refractivity contribution in [3.8, 4) is 22.2 Å². The summed E-state index contributed by atoms with van der Waals surface area (Å²) in [6.45, 7) is 6.69. The van der Waals surface area contributed by atoms with Crippen LogP contribution in [0.5, 0.6) is 11.5 Å². The summed E-state index contributed by atoms with van der Waals surface area (Å²) < 4.78 is 40.2. The zero-order valence-corrected chi connectivity index (χ0v) is 31.9. The van der Waals surface area contributed by atoms with E-state index in [0.717, 1.165) is 40.9 Å². The van der Waals surface area contributed by atoms with Gasteiger partial charge in [-0.1, -0.05) is 26.0 Å². The number of pyridine rings is 1. The molecule has 3 heterocycles. The Bertz CT molecular complexity index is 2040. The van der Waals surface area contributed by atoms with Crippen LogP contribution in [0.2, 0.25) is 0 Å². The van der Waals surface area contributed by atoms with Crippen LogP contribution >= 0.6 is 11.3 Å². The molecule has 52 heavy (non-hydrogen) atoms. The summed E-state index contributed by atoms with van der Waals surface area (Å²) >= 11 is 1.51. The minimum absolute atomic E-state index is 0.147. The zero-order valence-electron chi connectivity index (χ0n) is 30.3. The lowest BCUT2D eigenvalue weighted by atomic mass is 9.93. The minimum Gasteiger partial charge on any atom is -0.496 e. The summed E-state index contributed by atoms with van der Waals surface area (Å²) in [7, 11) is -0.445. The Morgan fingerprint density at radius 1 is 1.12 bits per heavy atom. The summed E-state index contributed by atoms with van der Waals surface area (Å²) in [5, 5.41) is 5.95. The smallest absolute Gasteiger partial charge is 0.259 e. The molecule has 3 aromatic rings. The van der Waals surface area contributed by atoms with Crippen LogP contribution in [-0.4, -0.2) is 78.6 Å². The lowest BCUT2D eigenvalue weighted by Crippen LogP contribution is -2.54. The second-order valence-corrected chi connectivity index (χ2v) is 17.9. The van der Waals surface area contributed by atoms with E-state index in [4.69, 9.17) is 19.4 Å². The van der Waals surface area contributed by atoms with Gasteiger partial charge in [0.1, 0.15) is 33.8 Å². The van der Waals surface area contributed by atoms with Crippen LogP contribution in [0.1, 0.15) is 82.4 Å². The summed E-state index contributed by atoms with van der Waals surface area (Å²) in [6, 6.07) is 5.66. The summed E-state index contributed by atoms with van der Waals surface area (Å²) in [6.07, 6.45) is 7.61. The van der Waals surface area contributed by atoms with E-state index in [1.807, 2.05) is 42.7 Å². The van der Waals surface area contributed by atoms with Crippen molar-refractivity contribution in [2.45, 2.75) is 94.9 Å². The maximum Gasteiger partial charge on any atom is 0.259 e. The first-order chi connectivity index (χ1) is 24.8. The molecule has 0 spiro atoms. The molecule has 3 fully saturated rings. The molecule has 3 aliphatic carbocycles. The van der Waals surface area contributed by atoms with Gasteiger partial charge in [0.25, 0.3) is 5.91 Å². The molecule has 3 amide bonds. The number of ether oxygens (including phenoxy) is 2. The van der Waals surface area contributed by atoms with Crippen LogP contribution in [0.15, 0.2) is 35.7 Å². The number of thiazole rings is 1. The first kappa shape index (κ1) is 36.3. The number of carbonyl (C=O) groups is 3. The van der Waals surface area contributed by atoms with Crippen molar-refractivity contribution in [1.82, 2.24) is 24.9 Å². The predicted octanol–water partition coefficient (Wildman–Crippen LogP) is 5.25. The van der Waals surface area contributed by atoms with Crippen molar-refractivity contribution in [3.63, 3.8) is 0 Å². The molecule has 3 saturated carbocycles. The Labute approximate surface area is 308 Å². The van der Waals surface area contributed by atoms with Gasteiger partial charge in [-0.25, -0.2) is 18.4 Å². The predicted molar refractivity (Wildman–Crippen MR) is 199 cm³/mol. The van der Waals surface area contributed by atoms with Gasteiger partial charge in [-0.05, 0) is 76.3 Å². The van der Waals surface area contributed by atoms with E-state index in [2.05, 4.69) is 23.9 Å². The van der Waals surface area contributed by atoms with Crippen molar-refractivity contribution >= 4 is 50.0 Å². The van der Waals surface area contributed by atoms with E-state index in [1.54, 1.807) is 19.1 Å². The topological polar surface area (TPSA) is 157 Å². The number of benzene rings is 1. The van der Waals surface area contributed by atoms with Crippen LogP contribution in [0.25, 0.3) is 21.6 Å². The first-order valence-corrected chi connectivity index (χ1v) is 20.6. The van der Waals surface area contributed by atoms with Crippen LogP contribution in [-0.2, 0) is 24.4 Å².